The highest BCUT2D eigenvalue weighted by Crippen LogP contribution is 2.25. The lowest BCUT2D eigenvalue weighted by molar-refractivity contribution is 0.0530. The van der Waals surface area contributed by atoms with Gasteiger partial charge in [0.15, 0.2) is 0 Å². The smallest absolute Gasteiger partial charge is 0.348 e. The third kappa shape index (κ3) is 7.50. The van der Waals surface area contributed by atoms with E-state index in [-0.39, 0.29) is 22.7 Å². The molecule has 11 heteroatoms. The van der Waals surface area contributed by atoms with E-state index in [1.54, 1.807) is 13.3 Å². The summed E-state index contributed by atoms with van der Waals surface area (Å²) in [5.41, 5.74) is 1.26. The maximum atomic E-state index is 11.7. The molecule has 0 spiro atoms. The number of fused-ring (bicyclic) bond motifs is 1. The van der Waals surface area contributed by atoms with Crippen molar-refractivity contribution in [2.75, 3.05) is 13.2 Å². The second-order valence-corrected chi connectivity index (χ2v) is 15.3. The molecule has 0 atom stereocenters. The van der Waals surface area contributed by atoms with E-state index in [2.05, 4.69) is 24.6 Å². The summed E-state index contributed by atoms with van der Waals surface area (Å²) in [4.78, 5) is 38.7. The lowest BCUT2D eigenvalue weighted by atomic mass is 10.0. The Hall–Kier alpha value is -3.02. The van der Waals surface area contributed by atoms with Gasteiger partial charge < -0.3 is 24.3 Å². The van der Waals surface area contributed by atoms with Crippen LogP contribution in [0.25, 0.3) is 10.3 Å². The molecule has 0 aliphatic rings. The Bertz CT molecular complexity index is 1130. The second-order valence-electron chi connectivity index (χ2n) is 8.67. The molecule has 0 aliphatic heterocycles. The van der Waals surface area contributed by atoms with Crippen LogP contribution < -0.4 is 0 Å². The summed E-state index contributed by atoms with van der Waals surface area (Å²) in [6.45, 7) is 11.9. The van der Waals surface area contributed by atoms with E-state index < -0.39 is 20.0 Å². The Morgan fingerprint density at radius 1 is 1.12 bits per heavy atom. The molecule has 9 nitrogen and oxygen atoms in total. The average Bonchev–Trinajstić information content (AvgIpc) is 3.32. The molecule has 0 saturated heterocycles. The lowest BCUT2D eigenvalue weighted by Gasteiger charge is -2.15. The zero-order valence-electron chi connectivity index (χ0n) is 20.0. The Morgan fingerprint density at radius 3 is 2.26 bits per heavy atom. The van der Waals surface area contributed by atoms with E-state index in [0.717, 1.165) is 23.0 Å². The number of rotatable bonds is 9. The predicted octanol–water partition coefficient (Wildman–Crippen LogP) is 4.98. The number of carboxylic acid groups (broad SMARTS) is 2. The Morgan fingerprint density at radius 2 is 1.74 bits per heavy atom. The van der Waals surface area contributed by atoms with Crippen molar-refractivity contribution >= 4 is 47.7 Å². The van der Waals surface area contributed by atoms with Gasteiger partial charge in [0.2, 0.25) is 0 Å². The molecular formula is C23H30N2O7SSi. The maximum absolute atomic E-state index is 11.7. The van der Waals surface area contributed by atoms with Crippen LogP contribution in [-0.4, -0.2) is 59.0 Å². The van der Waals surface area contributed by atoms with Crippen LogP contribution in [0.4, 0.5) is 0 Å². The third-order valence-corrected chi connectivity index (χ3v) is 7.53. The van der Waals surface area contributed by atoms with E-state index in [0.29, 0.717) is 18.2 Å². The first kappa shape index (κ1) is 27.2. The molecule has 2 aromatic heterocycles. The minimum absolute atomic E-state index is 0.0277. The number of carboxylic acids is 2. The van der Waals surface area contributed by atoms with Gasteiger partial charge in [-0.15, -0.1) is 11.3 Å². The van der Waals surface area contributed by atoms with Crippen molar-refractivity contribution < 1.29 is 34.1 Å². The van der Waals surface area contributed by atoms with E-state index in [4.69, 9.17) is 19.7 Å². The molecule has 3 aromatic rings. The molecule has 3 rings (SSSR count). The summed E-state index contributed by atoms with van der Waals surface area (Å²) in [6.07, 6.45) is 1.75. The van der Waals surface area contributed by atoms with Crippen LogP contribution in [-0.2, 0) is 16.2 Å². The van der Waals surface area contributed by atoms with Gasteiger partial charge >= 0.3 is 17.9 Å². The number of thiophene rings is 1. The lowest BCUT2D eigenvalue weighted by Crippen LogP contribution is -2.21. The van der Waals surface area contributed by atoms with Crippen molar-refractivity contribution in [2.24, 2.45) is 0 Å². The third-order valence-electron chi connectivity index (χ3n) is 4.82. The van der Waals surface area contributed by atoms with Gasteiger partial charge in [-0.25, -0.2) is 19.4 Å². The number of nitrogens with zero attached hydrogens (tertiary/aromatic N) is 2. The number of benzene rings is 1. The molecule has 0 amide bonds. The fourth-order valence-electron chi connectivity index (χ4n) is 2.90. The van der Waals surface area contributed by atoms with Crippen LogP contribution in [0.1, 0.15) is 42.9 Å². The first-order valence-corrected chi connectivity index (χ1v) is 15.2. The van der Waals surface area contributed by atoms with Crippen molar-refractivity contribution in [2.45, 2.75) is 46.3 Å². The largest absolute Gasteiger partial charge is 0.478 e. The summed E-state index contributed by atoms with van der Waals surface area (Å²) in [5.74, 6) is -2.51. The summed E-state index contributed by atoms with van der Waals surface area (Å²) in [5, 5.41) is 17.4. The number of aromatic nitrogens is 2. The van der Waals surface area contributed by atoms with Crippen molar-refractivity contribution in [1.29, 1.82) is 0 Å². The maximum Gasteiger partial charge on any atom is 0.348 e. The topological polar surface area (TPSA) is 128 Å². The standard InChI is InChI=1S/C14H22N2O3SSi.C9H8O4/c1-5-19-14(17)12-8-11-13(20-12)15-9-16(11)10-18-6-7-21(2,3)4;1-5-6(8(10)11)3-2-4-7(5)9(12)13/h8-9H,5-7,10H2,1-4H3;2-4H,1H3,(H,10,11)(H,12,13). The molecule has 0 unspecified atom stereocenters. The second kappa shape index (κ2) is 11.9. The Kier molecular flexibility index (Phi) is 9.53. The van der Waals surface area contributed by atoms with Gasteiger partial charge in [-0.2, -0.15) is 0 Å². The number of carbonyl (C=O) groups excluding carboxylic acids is 1. The number of aromatic carboxylic acids is 2. The molecule has 34 heavy (non-hydrogen) atoms. The van der Waals surface area contributed by atoms with Gasteiger partial charge in [-0.05, 0) is 43.7 Å². The van der Waals surface area contributed by atoms with Crippen LogP contribution in [0, 0.1) is 6.92 Å². The van der Waals surface area contributed by atoms with Gasteiger partial charge in [0.25, 0.3) is 0 Å². The molecule has 0 radical (unpaired) electrons. The number of hydrogen-bond donors (Lipinski definition) is 2. The highest BCUT2D eigenvalue weighted by molar-refractivity contribution is 7.20. The molecule has 184 valence electrons. The number of carbonyl (C=O) groups is 3. The van der Waals surface area contributed by atoms with Gasteiger partial charge in [-0.1, -0.05) is 25.7 Å². The summed E-state index contributed by atoms with van der Waals surface area (Å²) in [7, 11) is -1.06. The Balaban J connectivity index is 0.000000270. The van der Waals surface area contributed by atoms with Gasteiger partial charge in [0.1, 0.15) is 16.4 Å². The number of ether oxygens (including phenoxy) is 2. The van der Waals surface area contributed by atoms with Crippen LogP contribution in [0.3, 0.4) is 0 Å². The number of esters is 1. The summed E-state index contributed by atoms with van der Waals surface area (Å²) in [6, 6.07) is 7.14. The molecule has 0 aliphatic carbocycles. The Labute approximate surface area is 203 Å². The quantitative estimate of drug-likeness (QED) is 0.236. The average molecular weight is 507 g/mol. The summed E-state index contributed by atoms with van der Waals surface area (Å²) >= 11 is 1.35. The summed E-state index contributed by atoms with van der Waals surface area (Å²) < 4.78 is 12.7. The van der Waals surface area contributed by atoms with Crippen molar-refractivity contribution in [3.63, 3.8) is 0 Å². The minimum Gasteiger partial charge on any atom is -0.478 e. The molecule has 2 N–H and O–H groups in total. The number of hydrogen-bond acceptors (Lipinski definition) is 7. The van der Waals surface area contributed by atoms with Crippen LogP contribution >= 0.6 is 11.3 Å². The highest BCUT2D eigenvalue weighted by Gasteiger charge is 2.16. The zero-order valence-corrected chi connectivity index (χ0v) is 21.8. The predicted molar refractivity (Wildman–Crippen MR) is 133 cm³/mol. The molecule has 0 fully saturated rings. The monoisotopic (exact) mass is 506 g/mol. The van der Waals surface area contributed by atoms with Crippen LogP contribution in [0.15, 0.2) is 30.6 Å². The first-order chi connectivity index (χ1) is 15.9. The van der Waals surface area contributed by atoms with E-state index in [1.165, 1.54) is 36.5 Å². The van der Waals surface area contributed by atoms with Crippen molar-refractivity contribution in [3.8, 4) is 0 Å². The van der Waals surface area contributed by atoms with E-state index in [1.807, 2.05) is 10.6 Å². The minimum atomic E-state index is -1.11. The van der Waals surface area contributed by atoms with E-state index in [9.17, 15) is 14.4 Å². The normalized spacial score (nSPS) is 11.1. The van der Waals surface area contributed by atoms with Gasteiger partial charge in [0.05, 0.1) is 29.6 Å². The fourth-order valence-corrected chi connectivity index (χ4v) is 4.56. The molecule has 0 saturated carbocycles. The highest BCUT2D eigenvalue weighted by atomic mass is 32.1. The van der Waals surface area contributed by atoms with Crippen molar-refractivity contribution in [3.05, 3.63) is 52.2 Å². The zero-order chi connectivity index (χ0) is 25.5. The van der Waals surface area contributed by atoms with Gasteiger partial charge in [-0.3, -0.25) is 0 Å². The van der Waals surface area contributed by atoms with Crippen LogP contribution in [0.5, 0.6) is 0 Å². The SMILES string of the molecule is CCOC(=O)c1cc2c(ncn2COCC[Si](C)(C)C)s1.Cc1c(C(=O)O)cccc1C(=O)O. The fraction of sp³-hybridized carbons (Fsp3) is 0.391. The molecule has 2 heterocycles. The van der Waals surface area contributed by atoms with Crippen LogP contribution in [0.2, 0.25) is 25.7 Å². The number of imidazole rings is 1. The molecule has 0 bridgehead atoms. The first-order valence-electron chi connectivity index (χ1n) is 10.7. The van der Waals surface area contributed by atoms with Crippen molar-refractivity contribution in [1.82, 2.24) is 9.55 Å². The van der Waals surface area contributed by atoms with Gasteiger partial charge in [0, 0.05) is 14.7 Å². The molecular weight excluding hydrogens is 476 g/mol. The van der Waals surface area contributed by atoms with E-state index >= 15 is 0 Å². The molecule has 1 aromatic carbocycles.